The Morgan fingerprint density at radius 3 is 2.22 bits per heavy atom. The third-order valence-electron chi connectivity index (χ3n) is 22.3. The molecule has 602 valence electrons. The van der Waals surface area contributed by atoms with Crippen molar-refractivity contribution in [2.45, 2.75) is 210 Å². The van der Waals surface area contributed by atoms with E-state index >= 15 is 33.2 Å². The number of unbranched alkanes of at least 4 members (excludes halogenated alkanes) is 2. The number of nitrogens with one attached hydrogen (secondary N) is 6. The van der Waals surface area contributed by atoms with Gasteiger partial charge in [-0.2, -0.15) is 0 Å². The molecule has 1 aromatic heterocycles. The highest BCUT2D eigenvalue weighted by atomic mass is 19.1. The van der Waals surface area contributed by atoms with Gasteiger partial charge in [-0.3, -0.25) is 57.5 Å². The predicted molar refractivity (Wildman–Crippen MR) is 417 cm³/mol. The molecule has 0 spiro atoms. The van der Waals surface area contributed by atoms with Crippen LogP contribution in [-0.4, -0.2) is 215 Å². The minimum atomic E-state index is -1.84. The van der Waals surface area contributed by atoms with Crippen LogP contribution < -0.4 is 36.6 Å². The first-order valence-corrected chi connectivity index (χ1v) is 39.6. The number of carbonyl (C=O) groups excluding carboxylic acids is 12. The van der Waals surface area contributed by atoms with E-state index in [2.05, 4.69) is 53.0 Å². The van der Waals surface area contributed by atoms with Crippen LogP contribution in [0.1, 0.15) is 150 Å². The molecule has 26 nitrogen and oxygen atoms in total. The zero-order valence-electron chi connectivity index (χ0n) is 65.7. The molecule has 5 aromatic rings. The van der Waals surface area contributed by atoms with Crippen molar-refractivity contribution in [1.82, 2.24) is 51.2 Å². The minimum Gasteiger partial charge on any atom is -0.497 e. The predicted octanol–water partition coefficient (Wildman–Crippen LogP) is 5.75. The average Bonchev–Trinajstić information content (AvgIpc) is 1.64. The number of allylic oxidation sites excluding steroid dienone is 2. The monoisotopic (exact) mass is 1540 g/mol. The van der Waals surface area contributed by atoms with E-state index in [0.29, 0.717) is 77.6 Å². The number of Topliss-reactive ketones (excluding diaryl/α,β-unsaturated/α-hetero) is 3. The van der Waals surface area contributed by atoms with E-state index in [0.717, 1.165) is 35.0 Å². The number of hydrogen-bond donors (Lipinski definition) is 7. The molecule has 9 amide bonds. The van der Waals surface area contributed by atoms with Crippen molar-refractivity contribution in [3.63, 3.8) is 0 Å². The molecule has 2 saturated heterocycles. The lowest BCUT2D eigenvalue weighted by Crippen LogP contribution is -2.63. The number of aliphatic hydroxyl groups excluding tert-OH is 1. The van der Waals surface area contributed by atoms with Crippen LogP contribution in [0.4, 0.5) is 4.39 Å². The first kappa shape index (κ1) is 84.5. The van der Waals surface area contributed by atoms with E-state index in [1.807, 2.05) is 41.0 Å². The summed E-state index contributed by atoms with van der Waals surface area (Å²) in [6.07, 6.45) is 4.96. The SMILES string of the molecule is COc1ccc(C[C@@H]2NC(=O)[C@H]([C@@H](C)O)NC(=O)[C@@H]3[C@@H]4CCN3C(=O)[C@H]3CC(=O)[C@H](Cc5cccc(c5)CNC(=O)CO4)NC(=O)[C@@H](CCC(=O)CCCCC[N+](C)(C)C)NC(=O)[C@H](C)CC(=O)CCC(=O)N(CCCC=CCn4cc(c5cc(F)ccc54)C3)Cc3ccc(cc3)CCNC(=O)[C@]3(C)CCCN3C2=O)cc1. The van der Waals surface area contributed by atoms with Gasteiger partial charge >= 0.3 is 0 Å². The Morgan fingerprint density at radius 2 is 1.47 bits per heavy atom. The van der Waals surface area contributed by atoms with Crippen molar-refractivity contribution in [1.29, 1.82) is 0 Å². The van der Waals surface area contributed by atoms with E-state index in [4.69, 9.17) is 9.47 Å². The van der Waals surface area contributed by atoms with Gasteiger partial charge in [0, 0.05) is 120 Å². The number of aliphatic hydroxyl groups is 1. The summed E-state index contributed by atoms with van der Waals surface area (Å²) in [7, 11) is 7.76. The highest BCUT2D eigenvalue weighted by Crippen LogP contribution is 2.34. The van der Waals surface area contributed by atoms with E-state index in [-0.39, 0.29) is 127 Å². The Labute approximate surface area is 654 Å². The molecule has 7 N–H and O–H groups in total. The van der Waals surface area contributed by atoms with Crippen molar-refractivity contribution in [2.75, 3.05) is 67.6 Å². The lowest BCUT2D eigenvalue weighted by Gasteiger charge is -2.37. The van der Waals surface area contributed by atoms with Crippen molar-refractivity contribution in [3.8, 4) is 5.75 Å². The van der Waals surface area contributed by atoms with E-state index in [1.165, 1.54) is 42.9 Å². The Morgan fingerprint density at radius 1 is 0.723 bits per heavy atom. The third kappa shape index (κ3) is 22.9. The van der Waals surface area contributed by atoms with Crippen LogP contribution >= 0.6 is 0 Å². The fraction of sp³-hybridized carbons (Fsp3) is 0.529. The number of hydrogen-bond acceptors (Lipinski definition) is 15. The molecule has 11 rings (SSSR count). The number of aromatic nitrogens is 1. The van der Waals surface area contributed by atoms with Gasteiger partial charge in [-0.15, -0.1) is 0 Å². The number of carbonyl (C=O) groups is 12. The molecule has 6 aliphatic rings. The van der Waals surface area contributed by atoms with Gasteiger partial charge in [-0.1, -0.05) is 79.7 Å². The molecule has 12 bridgehead atoms. The maximum Gasteiger partial charge on any atom is 0.246 e. The maximum atomic E-state index is 16.3. The average molecular weight is 1550 g/mol. The second kappa shape index (κ2) is 39.0. The van der Waals surface area contributed by atoms with Crippen LogP contribution in [-0.2, 0) is 108 Å². The lowest BCUT2D eigenvalue weighted by molar-refractivity contribution is -0.870. The molecule has 4 aromatic carbocycles. The highest BCUT2D eigenvalue weighted by Gasteiger charge is 2.50. The van der Waals surface area contributed by atoms with Gasteiger partial charge in [0.05, 0.1) is 53.0 Å². The Hall–Kier alpha value is -9.99. The van der Waals surface area contributed by atoms with E-state index in [9.17, 15) is 33.9 Å². The number of methoxy groups -OCH3 is 1. The standard InChI is InChI=1S/C85H110FN11O15/c1-54-43-65(100)28-33-75(103)94-39-13-9-8-12-38-93-52-62(67-49-63(86)26-32-71(67)93)47-61-48-72(101)69(90-79(105)68(89-78(54)104)31-27-64(99)19-11-10-14-42-97(4,5)6)46-59-17-15-18-60(44-59)50-88-74(102)53-112-73-35-41-95(82(61)108)77(73)81(107)92-76(55(2)98)80(106)91-70(45-57-24-29-66(111-7)30-25-57)83(109)96-40-16-36-85(96,3)84(110)87-37-34-56-20-22-58(51-94)23-21-56/h8,12,15,17-18,20-26,29-30,32,44,49,52,54-55,61,68-70,73,76-77,98H,9-11,13-14,16,19,27-28,31,33-43,45-48,50-51,53H2,1-7H3,(H5-,87,88,89,90,91,92,102,104,105,106,107,110)/p+1/t54-,55-,61-,68-,69+,70+,73+,76+,77+,85+/m1/s1. The number of halogens is 1. The molecule has 7 heterocycles. The number of quaternary nitrogens is 1. The van der Waals surface area contributed by atoms with Crippen LogP contribution in [0.3, 0.4) is 0 Å². The molecule has 6 aliphatic heterocycles. The summed E-state index contributed by atoms with van der Waals surface area (Å²) in [4.78, 5) is 183. The smallest absolute Gasteiger partial charge is 0.246 e. The zero-order valence-corrected chi connectivity index (χ0v) is 65.7. The number of amides is 9. The van der Waals surface area contributed by atoms with Gasteiger partial charge in [0.1, 0.15) is 59.4 Å². The van der Waals surface area contributed by atoms with Crippen molar-refractivity contribution in [3.05, 3.63) is 149 Å². The van der Waals surface area contributed by atoms with Crippen LogP contribution in [0.2, 0.25) is 0 Å². The maximum absolute atomic E-state index is 16.3. The van der Waals surface area contributed by atoms with Crippen molar-refractivity contribution < 1.29 is 81.0 Å². The summed E-state index contributed by atoms with van der Waals surface area (Å²) in [6.45, 7) is 5.50. The normalized spacial score (nSPS) is 24.9. The van der Waals surface area contributed by atoms with Gasteiger partial charge in [0.25, 0.3) is 0 Å². The second-order valence-corrected chi connectivity index (χ2v) is 32.1. The molecule has 112 heavy (non-hydrogen) atoms. The summed E-state index contributed by atoms with van der Waals surface area (Å²) in [5, 5.41) is 29.2. The Bertz CT molecular complexity index is 4270. The molecular formula is C85H111FN11O15+. The third-order valence-corrected chi connectivity index (χ3v) is 22.3. The fourth-order valence-electron chi connectivity index (χ4n) is 15.8. The molecule has 27 heteroatoms. The minimum absolute atomic E-state index is 0.0498. The van der Waals surface area contributed by atoms with E-state index < -0.39 is 132 Å². The van der Waals surface area contributed by atoms with Gasteiger partial charge in [0.15, 0.2) is 5.78 Å². The van der Waals surface area contributed by atoms with Crippen molar-refractivity contribution >= 4 is 81.4 Å². The van der Waals surface area contributed by atoms with Gasteiger partial charge in [-0.05, 0) is 155 Å². The Kier molecular flexibility index (Phi) is 29.4. The lowest BCUT2D eigenvalue weighted by atomic mass is 9.88. The number of benzene rings is 4. The van der Waals surface area contributed by atoms with Gasteiger partial charge in [0.2, 0.25) is 53.2 Å². The molecule has 0 radical (unpaired) electrons. The van der Waals surface area contributed by atoms with Crippen LogP contribution in [0.15, 0.2) is 109 Å². The fourth-order valence-corrected chi connectivity index (χ4v) is 15.8. The first-order valence-electron chi connectivity index (χ1n) is 39.6. The molecule has 0 aliphatic carbocycles. The van der Waals surface area contributed by atoms with Gasteiger partial charge in [-0.25, -0.2) is 4.39 Å². The molecule has 0 saturated carbocycles. The van der Waals surface area contributed by atoms with Crippen LogP contribution in [0.5, 0.6) is 5.75 Å². The topological polar surface area (TPSA) is 330 Å². The summed E-state index contributed by atoms with van der Waals surface area (Å²) in [6, 6.07) is 17.7. The number of ketones is 3. The van der Waals surface area contributed by atoms with E-state index in [1.54, 1.807) is 72.6 Å². The second-order valence-electron chi connectivity index (χ2n) is 32.1. The zero-order chi connectivity index (χ0) is 80.4. The van der Waals surface area contributed by atoms with Crippen LogP contribution in [0.25, 0.3) is 10.9 Å². The number of fused-ring (bicyclic) bond motifs is 16. The van der Waals surface area contributed by atoms with Gasteiger partial charge < -0.3 is 70.2 Å². The van der Waals surface area contributed by atoms with Crippen LogP contribution in [0, 0.1) is 17.7 Å². The number of ether oxygens (including phenoxy) is 2. The summed E-state index contributed by atoms with van der Waals surface area (Å²) in [5.41, 5.74) is 2.92. The molecule has 2 fully saturated rings. The Balaban J connectivity index is 1.08. The highest BCUT2D eigenvalue weighted by molar-refractivity contribution is 6.00. The number of nitrogens with zero attached hydrogens (tertiary/aromatic N) is 5. The molecule has 10 atom stereocenters. The summed E-state index contributed by atoms with van der Waals surface area (Å²) >= 11 is 0. The largest absolute Gasteiger partial charge is 0.497 e. The molecular weight excluding hydrogens is 1430 g/mol. The quantitative estimate of drug-likeness (QED) is 0.0419. The first-order chi connectivity index (χ1) is 53.5. The molecule has 0 unspecified atom stereocenters. The number of rotatable bonds is 13. The summed E-state index contributed by atoms with van der Waals surface area (Å²) < 4.78 is 30.2. The van der Waals surface area contributed by atoms with Crippen molar-refractivity contribution in [2.24, 2.45) is 11.8 Å². The summed E-state index contributed by atoms with van der Waals surface area (Å²) in [5.74, 6) is -10.1.